The Morgan fingerprint density at radius 1 is 0.650 bits per heavy atom. The van der Waals surface area contributed by atoms with Gasteiger partial charge in [-0.05, 0) is 35.4 Å². The second-order valence-corrected chi connectivity index (χ2v) is 4.63. The first-order valence-electron chi connectivity index (χ1n) is 6.57. The van der Waals surface area contributed by atoms with Gasteiger partial charge in [0.2, 0.25) is 0 Å². The monoisotopic (exact) mass is 272 g/mol. The highest BCUT2D eigenvalue weighted by Gasteiger charge is 2.20. The van der Waals surface area contributed by atoms with Crippen LogP contribution in [0.4, 0.5) is 11.4 Å². The molecule has 0 saturated heterocycles. The second kappa shape index (κ2) is 6.41. The smallest absolute Gasteiger partial charge is 0.109 e. The zero-order chi connectivity index (χ0) is 14.5. The van der Waals surface area contributed by atoms with E-state index in [1.807, 2.05) is 62.6 Å². The molecule has 20 heavy (non-hydrogen) atoms. The van der Waals surface area contributed by atoms with Crippen LogP contribution in [0.1, 0.15) is 23.3 Å². The number of aliphatic hydroxyl groups excluding tert-OH is 2. The molecule has 106 valence electrons. The first kappa shape index (κ1) is 14.4. The van der Waals surface area contributed by atoms with Crippen LogP contribution in [-0.4, -0.2) is 24.3 Å². The SMILES string of the molecule is CNc1ccc(C(O)C(O)c2ccc(NC)cc2)cc1. The minimum Gasteiger partial charge on any atom is -0.388 e. The van der Waals surface area contributed by atoms with Gasteiger partial charge < -0.3 is 20.8 Å². The quantitative estimate of drug-likeness (QED) is 0.675. The Morgan fingerprint density at radius 2 is 0.950 bits per heavy atom. The lowest BCUT2D eigenvalue weighted by atomic mass is 9.98. The van der Waals surface area contributed by atoms with E-state index in [0.29, 0.717) is 11.1 Å². The van der Waals surface area contributed by atoms with Crippen LogP contribution in [-0.2, 0) is 0 Å². The highest BCUT2D eigenvalue weighted by Crippen LogP contribution is 2.29. The van der Waals surface area contributed by atoms with Crippen molar-refractivity contribution in [2.45, 2.75) is 12.2 Å². The molecule has 0 aliphatic heterocycles. The molecule has 0 amide bonds. The summed E-state index contributed by atoms with van der Waals surface area (Å²) in [4.78, 5) is 0. The van der Waals surface area contributed by atoms with Gasteiger partial charge in [0, 0.05) is 25.5 Å². The Bertz CT molecular complexity index is 486. The van der Waals surface area contributed by atoms with Gasteiger partial charge in [0.15, 0.2) is 0 Å². The van der Waals surface area contributed by atoms with E-state index < -0.39 is 12.2 Å². The Kier molecular flexibility index (Phi) is 4.61. The Hall–Kier alpha value is -2.04. The lowest BCUT2D eigenvalue weighted by Crippen LogP contribution is -2.10. The van der Waals surface area contributed by atoms with E-state index in [9.17, 15) is 10.2 Å². The number of hydrogen-bond acceptors (Lipinski definition) is 4. The van der Waals surface area contributed by atoms with Crippen LogP contribution in [0, 0.1) is 0 Å². The molecule has 2 unspecified atom stereocenters. The van der Waals surface area contributed by atoms with Gasteiger partial charge in [-0.25, -0.2) is 0 Å². The topological polar surface area (TPSA) is 64.5 Å². The van der Waals surface area contributed by atoms with Crippen molar-refractivity contribution in [3.63, 3.8) is 0 Å². The number of hydrogen-bond donors (Lipinski definition) is 4. The normalized spacial score (nSPS) is 13.6. The summed E-state index contributed by atoms with van der Waals surface area (Å²) in [5.74, 6) is 0. The van der Waals surface area contributed by atoms with Gasteiger partial charge in [0.25, 0.3) is 0 Å². The molecule has 0 radical (unpaired) electrons. The first-order chi connectivity index (χ1) is 9.65. The molecule has 4 nitrogen and oxygen atoms in total. The number of benzene rings is 2. The largest absolute Gasteiger partial charge is 0.388 e. The summed E-state index contributed by atoms with van der Waals surface area (Å²) in [5, 5.41) is 26.5. The van der Waals surface area contributed by atoms with Crippen LogP contribution < -0.4 is 10.6 Å². The molecule has 0 aromatic heterocycles. The number of rotatable bonds is 5. The minimum absolute atomic E-state index is 0.689. The maximum Gasteiger partial charge on any atom is 0.109 e. The van der Waals surface area contributed by atoms with Crippen LogP contribution in [0.2, 0.25) is 0 Å². The molecule has 0 bridgehead atoms. The van der Waals surface area contributed by atoms with Crippen molar-refractivity contribution >= 4 is 11.4 Å². The molecule has 2 aromatic carbocycles. The standard InChI is InChI=1S/C16H20N2O2/c1-17-13-7-3-11(4-8-13)15(19)16(20)12-5-9-14(18-2)10-6-12/h3-10,15-20H,1-2H3. The van der Waals surface area contributed by atoms with Gasteiger partial charge in [0.1, 0.15) is 12.2 Å². The third-order valence-corrected chi connectivity index (χ3v) is 3.38. The summed E-state index contributed by atoms with van der Waals surface area (Å²) in [5.41, 5.74) is 3.31. The zero-order valence-corrected chi connectivity index (χ0v) is 11.7. The molecular formula is C16H20N2O2. The van der Waals surface area contributed by atoms with Gasteiger partial charge in [-0.2, -0.15) is 0 Å². The van der Waals surface area contributed by atoms with Gasteiger partial charge >= 0.3 is 0 Å². The van der Waals surface area contributed by atoms with E-state index >= 15 is 0 Å². The van der Waals surface area contributed by atoms with Crippen molar-refractivity contribution in [1.82, 2.24) is 0 Å². The predicted molar refractivity (Wildman–Crippen MR) is 81.9 cm³/mol. The fourth-order valence-electron chi connectivity index (χ4n) is 2.06. The molecule has 2 aromatic rings. The predicted octanol–water partition coefficient (Wildman–Crippen LogP) is 2.54. The summed E-state index contributed by atoms with van der Waals surface area (Å²) in [6.45, 7) is 0. The van der Waals surface area contributed by atoms with E-state index in [0.717, 1.165) is 11.4 Å². The minimum atomic E-state index is -0.943. The van der Waals surface area contributed by atoms with Crippen molar-refractivity contribution in [1.29, 1.82) is 0 Å². The van der Waals surface area contributed by atoms with Crippen molar-refractivity contribution in [3.8, 4) is 0 Å². The van der Waals surface area contributed by atoms with Crippen molar-refractivity contribution < 1.29 is 10.2 Å². The van der Waals surface area contributed by atoms with Gasteiger partial charge in [-0.3, -0.25) is 0 Å². The zero-order valence-electron chi connectivity index (χ0n) is 11.7. The van der Waals surface area contributed by atoms with Crippen LogP contribution in [0.3, 0.4) is 0 Å². The molecule has 0 spiro atoms. The lowest BCUT2D eigenvalue weighted by molar-refractivity contribution is 0.0172. The Balaban J connectivity index is 2.15. The van der Waals surface area contributed by atoms with Crippen molar-refractivity contribution in [2.75, 3.05) is 24.7 Å². The molecule has 0 aliphatic carbocycles. The van der Waals surface area contributed by atoms with Crippen molar-refractivity contribution in [2.24, 2.45) is 0 Å². The summed E-state index contributed by atoms with van der Waals surface area (Å²) in [6, 6.07) is 14.7. The Morgan fingerprint density at radius 3 is 1.20 bits per heavy atom. The van der Waals surface area contributed by atoms with Gasteiger partial charge in [0.05, 0.1) is 0 Å². The third-order valence-electron chi connectivity index (χ3n) is 3.38. The fraction of sp³-hybridized carbons (Fsp3) is 0.250. The van der Waals surface area contributed by atoms with E-state index in [1.54, 1.807) is 0 Å². The summed E-state index contributed by atoms with van der Waals surface area (Å²) in [7, 11) is 3.67. The van der Waals surface area contributed by atoms with Crippen LogP contribution >= 0.6 is 0 Å². The van der Waals surface area contributed by atoms with Gasteiger partial charge in [-0.1, -0.05) is 24.3 Å². The number of aliphatic hydroxyl groups is 2. The van der Waals surface area contributed by atoms with Crippen LogP contribution in [0.5, 0.6) is 0 Å². The Labute approximate surface area is 119 Å². The molecule has 4 heteroatoms. The fourth-order valence-corrected chi connectivity index (χ4v) is 2.06. The van der Waals surface area contributed by atoms with Crippen LogP contribution in [0.25, 0.3) is 0 Å². The highest BCUT2D eigenvalue weighted by atomic mass is 16.3. The lowest BCUT2D eigenvalue weighted by Gasteiger charge is -2.19. The van der Waals surface area contributed by atoms with E-state index in [4.69, 9.17) is 0 Å². The molecule has 0 aliphatic rings. The molecule has 4 N–H and O–H groups in total. The first-order valence-corrected chi connectivity index (χ1v) is 6.57. The van der Waals surface area contributed by atoms with Crippen molar-refractivity contribution in [3.05, 3.63) is 59.7 Å². The summed E-state index contributed by atoms with van der Waals surface area (Å²) < 4.78 is 0. The van der Waals surface area contributed by atoms with E-state index in [2.05, 4.69) is 10.6 Å². The van der Waals surface area contributed by atoms with E-state index in [-0.39, 0.29) is 0 Å². The molecule has 2 rings (SSSR count). The average Bonchev–Trinajstić information content (AvgIpc) is 2.53. The third kappa shape index (κ3) is 3.10. The average molecular weight is 272 g/mol. The summed E-state index contributed by atoms with van der Waals surface area (Å²) >= 11 is 0. The maximum absolute atomic E-state index is 10.2. The number of anilines is 2. The molecule has 0 heterocycles. The maximum atomic E-state index is 10.2. The summed E-state index contributed by atoms with van der Waals surface area (Å²) in [6.07, 6.45) is -1.89. The second-order valence-electron chi connectivity index (χ2n) is 4.63. The molecule has 2 atom stereocenters. The number of nitrogens with one attached hydrogen (secondary N) is 2. The molecule has 0 saturated carbocycles. The van der Waals surface area contributed by atoms with Gasteiger partial charge in [-0.15, -0.1) is 0 Å². The van der Waals surface area contributed by atoms with Crippen LogP contribution in [0.15, 0.2) is 48.5 Å². The highest BCUT2D eigenvalue weighted by molar-refractivity contribution is 5.46. The molecular weight excluding hydrogens is 252 g/mol. The van der Waals surface area contributed by atoms with E-state index in [1.165, 1.54) is 0 Å². The molecule has 0 fully saturated rings.